The Hall–Kier alpha value is -2.79. The SMILES string of the molecule is Cc1ccc(OCC(=O)N2CCCC(c3ncc(Cc4ccccc4Cl)o3)C2)cc1. The first-order valence-corrected chi connectivity index (χ1v) is 10.6. The maximum atomic E-state index is 12.6. The molecule has 0 N–H and O–H groups in total. The molecule has 30 heavy (non-hydrogen) atoms. The predicted molar refractivity (Wildman–Crippen MR) is 116 cm³/mol. The van der Waals surface area contributed by atoms with Crippen LogP contribution in [0.25, 0.3) is 0 Å². The highest BCUT2D eigenvalue weighted by molar-refractivity contribution is 6.31. The van der Waals surface area contributed by atoms with Crippen molar-refractivity contribution in [3.05, 3.63) is 82.5 Å². The molecule has 6 heteroatoms. The molecule has 0 aliphatic carbocycles. The van der Waals surface area contributed by atoms with Crippen LogP contribution in [-0.4, -0.2) is 35.5 Å². The molecule has 0 saturated carbocycles. The topological polar surface area (TPSA) is 55.6 Å². The zero-order chi connectivity index (χ0) is 20.9. The second-order valence-corrected chi connectivity index (χ2v) is 8.12. The number of aromatic nitrogens is 1. The van der Waals surface area contributed by atoms with Gasteiger partial charge in [-0.25, -0.2) is 4.98 Å². The first-order valence-electron chi connectivity index (χ1n) is 10.2. The van der Waals surface area contributed by atoms with Crippen LogP contribution in [0.5, 0.6) is 5.75 Å². The third-order valence-corrected chi connectivity index (χ3v) is 5.77. The molecule has 1 atom stereocenters. The monoisotopic (exact) mass is 424 g/mol. The second-order valence-electron chi connectivity index (χ2n) is 7.71. The van der Waals surface area contributed by atoms with Crippen molar-refractivity contribution in [1.29, 1.82) is 0 Å². The van der Waals surface area contributed by atoms with Crippen molar-refractivity contribution in [2.24, 2.45) is 0 Å². The van der Waals surface area contributed by atoms with Crippen molar-refractivity contribution in [2.75, 3.05) is 19.7 Å². The van der Waals surface area contributed by atoms with Crippen molar-refractivity contribution in [1.82, 2.24) is 9.88 Å². The lowest BCUT2D eigenvalue weighted by molar-refractivity contribution is -0.134. The standard InChI is InChI=1S/C24H25ClN2O3/c1-17-8-10-20(11-9-17)29-16-23(28)27-12-4-6-19(15-27)24-26-14-21(30-24)13-18-5-2-3-7-22(18)25/h2-3,5,7-11,14,19H,4,6,12-13,15-16H2,1H3. The lowest BCUT2D eigenvalue weighted by Crippen LogP contribution is -2.41. The van der Waals surface area contributed by atoms with Crippen molar-refractivity contribution in [3.8, 4) is 5.75 Å². The number of carbonyl (C=O) groups excluding carboxylic acids is 1. The summed E-state index contributed by atoms with van der Waals surface area (Å²) in [7, 11) is 0. The molecule has 1 saturated heterocycles. The van der Waals surface area contributed by atoms with Crippen molar-refractivity contribution >= 4 is 17.5 Å². The summed E-state index contributed by atoms with van der Waals surface area (Å²) in [5, 5.41) is 0.721. The fourth-order valence-corrected chi connectivity index (χ4v) is 3.90. The summed E-state index contributed by atoms with van der Waals surface area (Å²) in [5.41, 5.74) is 2.17. The van der Waals surface area contributed by atoms with Gasteiger partial charge in [0.05, 0.1) is 12.1 Å². The number of halogens is 1. The van der Waals surface area contributed by atoms with Gasteiger partial charge in [-0.3, -0.25) is 4.79 Å². The smallest absolute Gasteiger partial charge is 0.260 e. The van der Waals surface area contributed by atoms with Gasteiger partial charge in [0.25, 0.3) is 5.91 Å². The number of hydrogen-bond acceptors (Lipinski definition) is 4. The second kappa shape index (κ2) is 9.35. The molecule has 0 spiro atoms. The highest BCUT2D eigenvalue weighted by atomic mass is 35.5. The Morgan fingerprint density at radius 1 is 1.23 bits per heavy atom. The van der Waals surface area contributed by atoms with Gasteiger partial charge in [0, 0.05) is 24.5 Å². The molecule has 0 bridgehead atoms. The summed E-state index contributed by atoms with van der Waals surface area (Å²) in [6, 6.07) is 15.4. The van der Waals surface area contributed by atoms with E-state index in [-0.39, 0.29) is 18.4 Å². The molecule has 156 valence electrons. The first-order chi connectivity index (χ1) is 14.6. The molecule has 1 unspecified atom stereocenters. The minimum atomic E-state index is -0.0110. The normalized spacial score (nSPS) is 16.5. The average Bonchev–Trinajstić information content (AvgIpc) is 3.23. The molecule has 2 heterocycles. The van der Waals surface area contributed by atoms with E-state index in [4.69, 9.17) is 20.8 Å². The van der Waals surface area contributed by atoms with Gasteiger partial charge in [0.1, 0.15) is 11.5 Å². The van der Waals surface area contributed by atoms with Crippen LogP contribution < -0.4 is 4.74 Å². The molecule has 3 aromatic rings. The number of rotatable bonds is 6. The van der Waals surface area contributed by atoms with Crippen LogP contribution in [0.2, 0.25) is 5.02 Å². The van der Waals surface area contributed by atoms with Crippen LogP contribution in [-0.2, 0) is 11.2 Å². The van der Waals surface area contributed by atoms with E-state index in [1.54, 1.807) is 6.20 Å². The van der Waals surface area contributed by atoms with Crippen LogP contribution in [0.15, 0.2) is 59.1 Å². The molecule has 1 aromatic heterocycles. The van der Waals surface area contributed by atoms with Crippen LogP contribution in [0.1, 0.15) is 41.5 Å². The van der Waals surface area contributed by atoms with E-state index in [0.717, 1.165) is 41.3 Å². The molecule has 1 aliphatic rings. The highest BCUT2D eigenvalue weighted by Crippen LogP contribution is 2.28. The van der Waals surface area contributed by atoms with Gasteiger partial charge < -0.3 is 14.1 Å². The van der Waals surface area contributed by atoms with Crippen LogP contribution >= 0.6 is 11.6 Å². The van der Waals surface area contributed by atoms with Gasteiger partial charge in [0.15, 0.2) is 12.5 Å². The number of hydrogen-bond donors (Lipinski definition) is 0. The molecule has 0 radical (unpaired) electrons. The molecular formula is C24H25ClN2O3. The maximum Gasteiger partial charge on any atom is 0.260 e. The lowest BCUT2D eigenvalue weighted by Gasteiger charge is -2.31. The van der Waals surface area contributed by atoms with Gasteiger partial charge in [0.2, 0.25) is 0 Å². The molecule has 5 nitrogen and oxygen atoms in total. The Kier molecular flexibility index (Phi) is 6.38. The summed E-state index contributed by atoms with van der Waals surface area (Å²) >= 11 is 6.25. The maximum absolute atomic E-state index is 12.6. The third kappa shape index (κ3) is 5.03. The zero-order valence-corrected chi connectivity index (χ0v) is 17.8. The Morgan fingerprint density at radius 3 is 2.83 bits per heavy atom. The van der Waals surface area contributed by atoms with Gasteiger partial charge >= 0.3 is 0 Å². The van der Waals surface area contributed by atoms with Crippen LogP contribution in [0.3, 0.4) is 0 Å². The Morgan fingerprint density at radius 2 is 2.03 bits per heavy atom. The van der Waals surface area contributed by atoms with E-state index in [0.29, 0.717) is 24.6 Å². The number of carbonyl (C=O) groups is 1. The van der Waals surface area contributed by atoms with E-state index in [2.05, 4.69) is 4.98 Å². The predicted octanol–water partition coefficient (Wildman–Crippen LogP) is 5.01. The Bertz CT molecular complexity index is 1000. The number of oxazole rings is 1. The number of nitrogens with zero attached hydrogens (tertiary/aromatic N) is 2. The largest absolute Gasteiger partial charge is 0.484 e. The summed E-state index contributed by atoms with van der Waals surface area (Å²) in [4.78, 5) is 19.0. The fraction of sp³-hybridized carbons (Fsp3) is 0.333. The molecule has 1 aliphatic heterocycles. The zero-order valence-electron chi connectivity index (χ0n) is 17.0. The third-order valence-electron chi connectivity index (χ3n) is 5.40. The van der Waals surface area contributed by atoms with Crippen molar-refractivity contribution in [3.63, 3.8) is 0 Å². The quantitative estimate of drug-likeness (QED) is 0.558. The van der Waals surface area contributed by atoms with E-state index in [1.165, 1.54) is 0 Å². The van der Waals surface area contributed by atoms with E-state index in [9.17, 15) is 4.79 Å². The summed E-state index contributed by atoms with van der Waals surface area (Å²) in [6.45, 7) is 3.40. The fourth-order valence-electron chi connectivity index (χ4n) is 3.70. The minimum Gasteiger partial charge on any atom is -0.484 e. The number of ether oxygens (including phenoxy) is 1. The van der Waals surface area contributed by atoms with E-state index >= 15 is 0 Å². The number of benzene rings is 2. The number of likely N-dealkylation sites (tertiary alicyclic amines) is 1. The Labute approximate surface area is 181 Å². The lowest BCUT2D eigenvalue weighted by atomic mass is 9.98. The van der Waals surface area contributed by atoms with Crippen LogP contribution in [0.4, 0.5) is 0 Å². The van der Waals surface area contributed by atoms with Crippen molar-refractivity contribution in [2.45, 2.75) is 32.1 Å². The number of aryl methyl sites for hydroxylation is 1. The van der Waals surface area contributed by atoms with Gasteiger partial charge in [-0.05, 0) is 43.5 Å². The van der Waals surface area contributed by atoms with Crippen LogP contribution in [0, 0.1) is 6.92 Å². The molecular weight excluding hydrogens is 400 g/mol. The molecule has 1 fully saturated rings. The summed E-state index contributed by atoms with van der Waals surface area (Å²) < 4.78 is 11.7. The van der Waals surface area contributed by atoms with Crippen molar-refractivity contribution < 1.29 is 13.9 Å². The summed E-state index contributed by atoms with van der Waals surface area (Å²) in [5.74, 6) is 2.27. The van der Waals surface area contributed by atoms with Gasteiger partial charge in [-0.1, -0.05) is 47.5 Å². The first kappa shape index (κ1) is 20.5. The van der Waals surface area contributed by atoms with E-state index < -0.39 is 0 Å². The molecule has 2 aromatic carbocycles. The Balaban J connectivity index is 1.34. The van der Waals surface area contributed by atoms with E-state index in [1.807, 2.05) is 60.4 Å². The highest BCUT2D eigenvalue weighted by Gasteiger charge is 2.28. The number of piperidine rings is 1. The van der Waals surface area contributed by atoms with Gasteiger partial charge in [-0.2, -0.15) is 0 Å². The average molecular weight is 425 g/mol. The number of amides is 1. The van der Waals surface area contributed by atoms with Gasteiger partial charge in [-0.15, -0.1) is 0 Å². The minimum absolute atomic E-state index is 0.0110. The summed E-state index contributed by atoms with van der Waals surface area (Å²) in [6.07, 6.45) is 4.24. The molecule has 4 rings (SSSR count). The molecule has 1 amide bonds.